The van der Waals surface area contributed by atoms with Crippen molar-refractivity contribution >= 4 is 35.3 Å². The molecule has 0 spiro atoms. The molecule has 0 bridgehead atoms. The summed E-state index contributed by atoms with van der Waals surface area (Å²) in [7, 11) is 0. The fourth-order valence-corrected chi connectivity index (χ4v) is 2.98. The SMILES string of the molecule is C=CC(=O)OCC(CC)(COC(=O)C=C)COC(=O)CCC(CC(C)=O)(C(C)=O)C(C)=O. The van der Waals surface area contributed by atoms with Gasteiger partial charge in [0, 0.05) is 25.0 Å². The second-order valence-corrected chi connectivity index (χ2v) is 7.71. The van der Waals surface area contributed by atoms with E-state index in [-0.39, 0.29) is 44.9 Å². The Morgan fingerprint density at radius 1 is 0.781 bits per heavy atom. The van der Waals surface area contributed by atoms with Crippen LogP contribution in [0.3, 0.4) is 0 Å². The van der Waals surface area contributed by atoms with Gasteiger partial charge >= 0.3 is 17.9 Å². The third kappa shape index (κ3) is 8.95. The molecule has 178 valence electrons. The molecule has 0 heterocycles. The zero-order valence-corrected chi connectivity index (χ0v) is 19.2. The second-order valence-electron chi connectivity index (χ2n) is 7.71. The highest BCUT2D eigenvalue weighted by Crippen LogP contribution is 2.32. The molecule has 0 aliphatic rings. The number of carbonyl (C=O) groups excluding carboxylic acids is 6. The Labute approximate surface area is 188 Å². The quantitative estimate of drug-likeness (QED) is 0.150. The van der Waals surface area contributed by atoms with Crippen molar-refractivity contribution in [2.24, 2.45) is 10.8 Å². The topological polar surface area (TPSA) is 130 Å². The number of hydrogen-bond donors (Lipinski definition) is 0. The van der Waals surface area contributed by atoms with Gasteiger partial charge in [0.1, 0.15) is 37.2 Å². The first-order valence-electron chi connectivity index (χ1n) is 10.1. The van der Waals surface area contributed by atoms with Crippen LogP contribution in [-0.4, -0.2) is 55.1 Å². The van der Waals surface area contributed by atoms with E-state index in [4.69, 9.17) is 14.2 Å². The molecule has 0 saturated carbocycles. The van der Waals surface area contributed by atoms with E-state index >= 15 is 0 Å². The number of Topliss-reactive ketones (excluding diaryl/α,β-unsaturated/α-hetero) is 3. The van der Waals surface area contributed by atoms with Crippen molar-refractivity contribution in [3.8, 4) is 0 Å². The molecule has 0 rings (SSSR count). The summed E-state index contributed by atoms with van der Waals surface area (Å²) in [6.45, 7) is 11.4. The molecular weight excluding hydrogens is 420 g/mol. The highest BCUT2D eigenvalue weighted by Gasteiger charge is 2.42. The van der Waals surface area contributed by atoms with E-state index in [1.807, 2.05) is 0 Å². The van der Waals surface area contributed by atoms with E-state index in [9.17, 15) is 28.8 Å². The third-order valence-corrected chi connectivity index (χ3v) is 5.32. The molecule has 0 amide bonds. The monoisotopic (exact) mass is 452 g/mol. The molecule has 0 N–H and O–H groups in total. The zero-order chi connectivity index (χ0) is 24.9. The lowest BCUT2D eigenvalue weighted by Gasteiger charge is -2.31. The predicted octanol–water partition coefficient (Wildman–Crippen LogP) is 2.31. The van der Waals surface area contributed by atoms with E-state index < -0.39 is 40.3 Å². The summed E-state index contributed by atoms with van der Waals surface area (Å²) in [6, 6.07) is 0. The first-order valence-corrected chi connectivity index (χ1v) is 10.1. The minimum atomic E-state index is -1.58. The smallest absolute Gasteiger partial charge is 0.330 e. The summed E-state index contributed by atoms with van der Waals surface area (Å²) in [5.74, 6) is -3.44. The molecule has 0 atom stereocenters. The molecule has 0 aromatic heterocycles. The summed E-state index contributed by atoms with van der Waals surface area (Å²) >= 11 is 0. The molecular formula is C23H32O9. The molecule has 9 heteroatoms. The molecule has 0 aliphatic heterocycles. The fraction of sp³-hybridized carbons (Fsp3) is 0.565. The number of ketones is 3. The molecule has 0 radical (unpaired) electrons. The van der Waals surface area contributed by atoms with Gasteiger partial charge in [-0.3, -0.25) is 19.2 Å². The maximum atomic E-state index is 12.4. The number of hydrogen-bond acceptors (Lipinski definition) is 9. The fourth-order valence-electron chi connectivity index (χ4n) is 2.98. The van der Waals surface area contributed by atoms with Crippen LogP contribution < -0.4 is 0 Å². The summed E-state index contributed by atoms with van der Waals surface area (Å²) in [5, 5.41) is 0. The zero-order valence-electron chi connectivity index (χ0n) is 19.2. The first-order chi connectivity index (χ1) is 14.9. The molecule has 0 saturated heterocycles. The number of rotatable bonds is 16. The van der Waals surface area contributed by atoms with E-state index in [0.29, 0.717) is 6.42 Å². The van der Waals surface area contributed by atoms with Crippen LogP contribution in [0.15, 0.2) is 25.3 Å². The lowest BCUT2D eigenvalue weighted by Crippen LogP contribution is -2.40. The van der Waals surface area contributed by atoms with Crippen molar-refractivity contribution < 1.29 is 43.0 Å². The molecule has 0 aromatic carbocycles. The standard InChI is InChI=1S/C23H32O9/c1-7-19(27)30-13-22(9-3,14-31-20(28)8-2)15-32-21(29)10-11-23(17(5)25,18(6)26)12-16(4)24/h7-8H,1-2,9-15H2,3-6H3. The maximum absolute atomic E-state index is 12.4. The van der Waals surface area contributed by atoms with E-state index in [1.54, 1.807) is 6.92 Å². The summed E-state index contributed by atoms with van der Waals surface area (Å²) in [5.41, 5.74) is -2.60. The van der Waals surface area contributed by atoms with Gasteiger partial charge in [-0.1, -0.05) is 20.1 Å². The van der Waals surface area contributed by atoms with Gasteiger partial charge in [-0.2, -0.15) is 0 Å². The Hall–Kier alpha value is -3.10. The Kier molecular flexibility index (Phi) is 12.0. The normalized spacial score (nSPS) is 11.1. The van der Waals surface area contributed by atoms with Crippen molar-refractivity contribution in [2.45, 2.75) is 53.4 Å². The van der Waals surface area contributed by atoms with Gasteiger partial charge in [-0.25, -0.2) is 9.59 Å². The van der Waals surface area contributed by atoms with E-state index in [2.05, 4.69) is 13.2 Å². The van der Waals surface area contributed by atoms with Crippen LogP contribution in [0.4, 0.5) is 0 Å². The van der Waals surface area contributed by atoms with Gasteiger partial charge in [0.15, 0.2) is 0 Å². The average molecular weight is 453 g/mol. The number of carbonyl (C=O) groups is 6. The third-order valence-electron chi connectivity index (χ3n) is 5.32. The minimum absolute atomic E-state index is 0.174. The van der Waals surface area contributed by atoms with Gasteiger partial charge in [0.25, 0.3) is 0 Å². The minimum Gasteiger partial charge on any atom is -0.465 e. The van der Waals surface area contributed by atoms with Crippen LogP contribution in [0.2, 0.25) is 0 Å². The average Bonchev–Trinajstić information content (AvgIpc) is 2.75. The van der Waals surface area contributed by atoms with Crippen LogP contribution in [0.25, 0.3) is 0 Å². The van der Waals surface area contributed by atoms with Gasteiger partial charge < -0.3 is 14.2 Å². The maximum Gasteiger partial charge on any atom is 0.330 e. The highest BCUT2D eigenvalue weighted by molar-refractivity contribution is 6.08. The Balaban J connectivity index is 5.34. The van der Waals surface area contributed by atoms with Gasteiger partial charge in [-0.15, -0.1) is 0 Å². The molecule has 0 fully saturated rings. The van der Waals surface area contributed by atoms with Gasteiger partial charge in [0.2, 0.25) is 0 Å². The Bertz CT molecular complexity index is 725. The van der Waals surface area contributed by atoms with Crippen molar-refractivity contribution in [3.05, 3.63) is 25.3 Å². The predicted molar refractivity (Wildman–Crippen MR) is 114 cm³/mol. The van der Waals surface area contributed by atoms with Crippen molar-refractivity contribution in [1.29, 1.82) is 0 Å². The van der Waals surface area contributed by atoms with Crippen LogP contribution in [-0.2, 0) is 43.0 Å². The number of ether oxygens (including phenoxy) is 3. The van der Waals surface area contributed by atoms with Crippen molar-refractivity contribution in [3.63, 3.8) is 0 Å². The molecule has 0 aromatic rings. The highest BCUT2D eigenvalue weighted by atomic mass is 16.6. The second kappa shape index (κ2) is 13.3. The first kappa shape index (κ1) is 28.9. The number of esters is 3. The van der Waals surface area contributed by atoms with Gasteiger partial charge in [-0.05, 0) is 33.6 Å². The Morgan fingerprint density at radius 2 is 1.22 bits per heavy atom. The summed E-state index contributed by atoms with van der Waals surface area (Å²) in [6.07, 6.45) is 1.51. The van der Waals surface area contributed by atoms with Crippen LogP contribution >= 0.6 is 0 Å². The molecule has 32 heavy (non-hydrogen) atoms. The Morgan fingerprint density at radius 3 is 1.56 bits per heavy atom. The van der Waals surface area contributed by atoms with Crippen LogP contribution in [0.5, 0.6) is 0 Å². The summed E-state index contributed by atoms with van der Waals surface area (Å²) < 4.78 is 15.5. The van der Waals surface area contributed by atoms with Crippen LogP contribution in [0.1, 0.15) is 53.4 Å². The molecule has 0 aliphatic carbocycles. The largest absolute Gasteiger partial charge is 0.465 e. The van der Waals surface area contributed by atoms with E-state index in [0.717, 1.165) is 12.2 Å². The van der Waals surface area contributed by atoms with E-state index in [1.165, 1.54) is 20.8 Å². The van der Waals surface area contributed by atoms with Crippen molar-refractivity contribution in [1.82, 2.24) is 0 Å². The summed E-state index contributed by atoms with van der Waals surface area (Å²) in [4.78, 5) is 71.2. The lowest BCUT2D eigenvalue weighted by atomic mass is 9.72. The van der Waals surface area contributed by atoms with Crippen molar-refractivity contribution in [2.75, 3.05) is 19.8 Å². The lowest BCUT2D eigenvalue weighted by molar-refractivity contribution is -0.159. The molecule has 9 nitrogen and oxygen atoms in total. The molecule has 0 unspecified atom stereocenters. The van der Waals surface area contributed by atoms with Crippen LogP contribution in [0, 0.1) is 10.8 Å². The van der Waals surface area contributed by atoms with Gasteiger partial charge in [0.05, 0.1) is 10.8 Å².